The number of hydrogen-bond acceptors (Lipinski definition) is 5. The first-order valence-electron chi connectivity index (χ1n) is 11.6. The van der Waals surface area contributed by atoms with Crippen molar-refractivity contribution in [2.24, 2.45) is 5.92 Å². The van der Waals surface area contributed by atoms with Gasteiger partial charge in [0.1, 0.15) is 12.4 Å². The van der Waals surface area contributed by atoms with E-state index in [0.717, 1.165) is 10.7 Å². The molecule has 4 rings (SSSR count). The van der Waals surface area contributed by atoms with E-state index < -0.39 is 24.0 Å². The molecule has 0 atom stereocenters. The Bertz CT molecular complexity index is 1600. The largest absolute Gasteiger partial charge is 0.352 e. The zero-order chi connectivity index (χ0) is 26.1. The number of anilines is 1. The lowest BCUT2D eigenvalue weighted by atomic mass is 10.1. The molecule has 0 bridgehead atoms. The van der Waals surface area contributed by atoms with Gasteiger partial charge >= 0.3 is 5.69 Å². The minimum Gasteiger partial charge on any atom is -0.352 e. The van der Waals surface area contributed by atoms with E-state index in [-0.39, 0.29) is 51.4 Å². The van der Waals surface area contributed by atoms with Crippen LogP contribution in [0, 0.1) is 11.7 Å². The highest BCUT2D eigenvalue weighted by Gasteiger charge is 2.21. The van der Waals surface area contributed by atoms with Crippen molar-refractivity contribution in [3.8, 4) is 0 Å². The molecule has 10 nitrogen and oxygen atoms in total. The first-order chi connectivity index (χ1) is 17.1. The SMILES string of the molecule is CC(C)CNC(=O)c1ccc2c(=O)n(C(C)C)c3nn(CC(=O)Nc4cccc(F)c4)c(=O)n3c2c1. The summed E-state index contributed by atoms with van der Waals surface area (Å²) in [4.78, 5) is 51.9. The monoisotopic (exact) mass is 494 g/mol. The molecule has 2 aromatic carbocycles. The summed E-state index contributed by atoms with van der Waals surface area (Å²) in [6, 6.07) is 9.56. The van der Waals surface area contributed by atoms with Gasteiger partial charge in [-0.1, -0.05) is 19.9 Å². The van der Waals surface area contributed by atoms with Gasteiger partial charge in [-0.05, 0) is 56.2 Å². The number of hydrogen-bond donors (Lipinski definition) is 2. The molecule has 2 aromatic heterocycles. The molecule has 11 heteroatoms. The van der Waals surface area contributed by atoms with Crippen LogP contribution in [0.2, 0.25) is 0 Å². The van der Waals surface area contributed by atoms with Gasteiger partial charge in [0.05, 0.1) is 10.9 Å². The van der Waals surface area contributed by atoms with Crippen molar-refractivity contribution in [2.45, 2.75) is 40.3 Å². The Morgan fingerprint density at radius 2 is 1.81 bits per heavy atom. The normalized spacial score (nSPS) is 11.5. The fourth-order valence-electron chi connectivity index (χ4n) is 3.89. The van der Waals surface area contributed by atoms with Gasteiger partial charge in [0.15, 0.2) is 0 Å². The van der Waals surface area contributed by atoms with Gasteiger partial charge < -0.3 is 10.6 Å². The molecule has 4 aromatic rings. The van der Waals surface area contributed by atoms with Gasteiger partial charge in [-0.2, -0.15) is 0 Å². The van der Waals surface area contributed by atoms with E-state index in [1.165, 1.54) is 45.4 Å². The van der Waals surface area contributed by atoms with Crippen LogP contribution < -0.4 is 21.9 Å². The average Bonchev–Trinajstić information content (AvgIpc) is 3.12. The fraction of sp³-hybridized carbons (Fsp3) is 0.320. The van der Waals surface area contributed by atoms with Crippen molar-refractivity contribution >= 4 is 34.2 Å². The Morgan fingerprint density at radius 1 is 1.06 bits per heavy atom. The zero-order valence-corrected chi connectivity index (χ0v) is 20.4. The van der Waals surface area contributed by atoms with Gasteiger partial charge in [-0.25, -0.2) is 18.3 Å². The van der Waals surface area contributed by atoms with Crippen molar-refractivity contribution in [3.05, 3.63) is 74.7 Å². The topological polar surface area (TPSA) is 120 Å². The first-order valence-corrected chi connectivity index (χ1v) is 11.6. The van der Waals surface area contributed by atoms with Crippen LogP contribution in [0.4, 0.5) is 10.1 Å². The fourth-order valence-corrected chi connectivity index (χ4v) is 3.89. The number of benzene rings is 2. The lowest BCUT2D eigenvalue weighted by Crippen LogP contribution is -2.30. The van der Waals surface area contributed by atoms with Crippen LogP contribution in [-0.2, 0) is 11.3 Å². The predicted octanol–water partition coefficient (Wildman–Crippen LogP) is 2.56. The van der Waals surface area contributed by atoms with E-state index in [2.05, 4.69) is 15.7 Å². The van der Waals surface area contributed by atoms with E-state index in [9.17, 15) is 23.6 Å². The van der Waals surface area contributed by atoms with Gasteiger partial charge in [-0.15, -0.1) is 5.10 Å². The Balaban J connectivity index is 1.82. The molecule has 2 amide bonds. The average molecular weight is 495 g/mol. The molecule has 2 N–H and O–H groups in total. The lowest BCUT2D eigenvalue weighted by Gasteiger charge is -2.13. The van der Waals surface area contributed by atoms with Crippen LogP contribution in [-0.4, -0.2) is 37.1 Å². The number of aromatic nitrogens is 4. The van der Waals surface area contributed by atoms with Crippen molar-refractivity contribution in [1.82, 2.24) is 24.1 Å². The highest BCUT2D eigenvalue weighted by molar-refractivity contribution is 5.98. The molecule has 0 aliphatic heterocycles. The molecule has 0 aliphatic rings. The van der Waals surface area contributed by atoms with E-state index >= 15 is 0 Å². The van der Waals surface area contributed by atoms with Crippen LogP contribution in [0.3, 0.4) is 0 Å². The summed E-state index contributed by atoms with van der Waals surface area (Å²) in [5, 5.41) is 9.86. The number of nitrogens with zero attached hydrogens (tertiary/aromatic N) is 4. The summed E-state index contributed by atoms with van der Waals surface area (Å²) < 4.78 is 17.0. The van der Waals surface area contributed by atoms with Gasteiger partial charge in [0.2, 0.25) is 11.7 Å². The summed E-state index contributed by atoms with van der Waals surface area (Å²) >= 11 is 0. The maximum atomic E-state index is 13.4. The molecular formula is C25H27FN6O4. The Kier molecular flexibility index (Phi) is 6.73. The van der Waals surface area contributed by atoms with E-state index in [1.54, 1.807) is 13.8 Å². The van der Waals surface area contributed by atoms with Crippen LogP contribution in [0.25, 0.3) is 16.7 Å². The molecular weight excluding hydrogens is 467 g/mol. The zero-order valence-electron chi connectivity index (χ0n) is 20.4. The molecule has 0 saturated heterocycles. The maximum absolute atomic E-state index is 13.4. The molecule has 2 heterocycles. The Labute approximate surface area is 205 Å². The molecule has 0 saturated carbocycles. The first kappa shape index (κ1) is 24.8. The predicted molar refractivity (Wildman–Crippen MR) is 134 cm³/mol. The van der Waals surface area contributed by atoms with Crippen LogP contribution in [0.5, 0.6) is 0 Å². The summed E-state index contributed by atoms with van der Waals surface area (Å²) in [6.45, 7) is 7.51. The van der Waals surface area contributed by atoms with Crippen LogP contribution in [0.1, 0.15) is 44.1 Å². The highest BCUT2D eigenvalue weighted by Crippen LogP contribution is 2.17. The number of nitrogens with one attached hydrogen (secondary N) is 2. The van der Waals surface area contributed by atoms with Crippen molar-refractivity contribution in [3.63, 3.8) is 0 Å². The number of rotatable bonds is 7. The lowest BCUT2D eigenvalue weighted by molar-refractivity contribution is -0.117. The minimum absolute atomic E-state index is 0.0470. The van der Waals surface area contributed by atoms with Gasteiger partial charge in [0, 0.05) is 23.8 Å². The van der Waals surface area contributed by atoms with E-state index in [0.29, 0.717) is 6.54 Å². The summed E-state index contributed by atoms with van der Waals surface area (Å²) in [5.41, 5.74) is -0.291. The van der Waals surface area contributed by atoms with Gasteiger partial charge in [0.25, 0.3) is 11.5 Å². The summed E-state index contributed by atoms with van der Waals surface area (Å²) in [6.07, 6.45) is 0. The van der Waals surface area contributed by atoms with Crippen molar-refractivity contribution < 1.29 is 14.0 Å². The molecule has 36 heavy (non-hydrogen) atoms. The van der Waals surface area contributed by atoms with E-state index in [4.69, 9.17) is 0 Å². The second-order valence-electron chi connectivity index (χ2n) is 9.24. The quantitative estimate of drug-likeness (QED) is 0.409. The highest BCUT2D eigenvalue weighted by atomic mass is 19.1. The molecule has 0 radical (unpaired) electrons. The summed E-state index contributed by atoms with van der Waals surface area (Å²) in [5.74, 6) is -1.15. The van der Waals surface area contributed by atoms with Crippen molar-refractivity contribution in [1.29, 1.82) is 0 Å². The van der Waals surface area contributed by atoms with Crippen LogP contribution in [0.15, 0.2) is 52.1 Å². The molecule has 0 fully saturated rings. The molecule has 0 aliphatic carbocycles. The van der Waals surface area contributed by atoms with Gasteiger partial charge in [-0.3, -0.25) is 19.0 Å². The Hall–Kier alpha value is -4.28. The number of amides is 2. The minimum atomic E-state index is -0.654. The van der Waals surface area contributed by atoms with E-state index in [1.807, 2.05) is 13.8 Å². The number of carbonyl (C=O) groups excluding carboxylic acids is 2. The molecule has 0 unspecified atom stereocenters. The second kappa shape index (κ2) is 9.76. The standard InChI is InChI=1S/C25H27FN6O4/c1-14(2)12-27-22(34)16-8-9-19-20(10-16)32-24(31(15(3)4)23(19)35)29-30(25(32)36)13-21(33)28-18-7-5-6-17(26)11-18/h5-11,14-15H,12-13H2,1-4H3,(H,27,34)(H,28,33). The maximum Gasteiger partial charge on any atom is 0.352 e. The number of fused-ring (bicyclic) bond motifs is 3. The third kappa shape index (κ3) is 4.77. The van der Waals surface area contributed by atoms with Crippen molar-refractivity contribution in [2.75, 3.05) is 11.9 Å². The Morgan fingerprint density at radius 3 is 2.47 bits per heavy atom. The molecule has 0 spiro atoms. The summed E-state index contributed by atoms with van der Waals surface area (Å²) in [7, 11) is 0. The molecule has 188 valence electrons. The smallest absolute Gasteiger partial charge is 0.352 e. The number of carbonyl (C=O) groups is 2. The number of halogens is 1. The van der Waals surface area contributed by atoms with Crippen LogP contribution >= 0.6 is 0 Å². The third-order valence-electron chi connectivity index (χ3n) is 5.58. The second-order valence-corrected chi connectivity index (χ2v) is 9.24. The third-order valence-corrected chi connectivity index (χ3v) is 5.58.